The van der Waals surface area contributed by atoms with Crippen molar-refractivity contribution in [2.24, 2.45) is 0 Å². The van der Waals surface area contributed by atoms with Crippen LogP contribution in [0.2, 0.25) is 0 Å². The maximum Gasteiger partial charge on any atom is 0.0240 e. The second-order valence-electron chi connectivity index (χ2n) is 4.24. The average Bonchev–Trinajstić information content (AvgIpc) is 2.26. The van der Waals surface area contributed by atoms with E-state index < -0.39 is 0 Å². The minimum Gasteiger partial charge on any atom is -0.313 e. The summed E-state index contributed by atoms with van der Waals surface area (Å²) in [6.07, 6.45) is 15.5. The minimum atomic E-state index is 0.533. The molecule has 0 aliphatic heterocycles. The molecule has 1 heteroatoms. The van der Waals surface area contributed by atoms with Crippen LogP contribution in [0.5, 0.6) is 0 Å². The monoisotopic (exact) mass is 209 g/mol. The predicted octanol–water partition coefficient (Wildman–Crippen LogP) is 3.74. The third kappa shape index (κ3) is 9.82. The Labute approximate surface area is 96.0 Å². The smallest absolute Gasteiger partial charge is 0.0240 e. The molecule has 0 aliphatic carbocycles. The van der Waals surface area contributed by atoms with Gasteiger partial charge in [0.1, 0.15) is 0 Å². The zero-order valence-electron chi connectivity index (χ0n) is 10.5. The van der Waals surface area contributed by atoms with Crippen molar-refractivity contribution in [1.82, 2.24) is 5.32 Å². The number of hydrogen-bond donors (Lipinski definition) is 1. The number of unbranched alkanes of at least 4 members (excludes halogenated alkanes) is 5. The Kier molecular flexibility index (Phi) is 11.2. The van der Waals surface area contributed by atoms with Crippen molar-refractivity contribution in [2.75, 3.05) is 6.54 Å². The molecule has 1 nitrogen and oxygen atoms in total. The summed E-state index contributed by atoms with van der Waals surface area (Å²) in [4.78, 5) is 0. The molecule has 0 saturated heterocycles. The highest BCUT2D eigenvalue weighted by molar-refractivity contribution is 4.89. The molecule has 1 N–H and O–H groups in total. The van der Waals surface area contributed by atoms with Crippen molar-refractivity contribution in [2.45, 2.75) is 71.3 Å². The predicted molar refractivity (Wildman–Crippen MR) is 68.9 cm³/mol. The maximum absolute atomic E-state index is 5.30. The van der Waals surface area contributed by atoms with Gasteiger partial charge in [0, 0.05) is 12.5 Å². The quantitative estimate of drug-likeness (QED) is 0.427. The first kappa shape index (κ1) is 14.5. The Morgan fingerprint density at radius 3 is 2.33 bits per heavy atom. The number of hydrogen-bond acceptors (Lipinski definition) is 1. The Bertz CT molecular complexity index is 157. The molecular formula is C14H27N. The van der Waals surface area contributed by atoms with Gasteiger partial charge in [-0.2, -0.15) is 0 Å². The minimum absolute atomic E-state index is 0.533. The standard InChI is InChI=1S/C14H27N/c1-4-7-8-9-10-11-13-15-14(6-3)12-5-2/h2,14-15H,4,6-13H2,1,3H3. The summed E-state index contributed by atoms with van der Waals surface area (Å²) in [5, 5.41) is 3.52. The first-order valence-corrected chi connectivity index (χ1v) is 6.52. The number of rotatable bonds is 10. The molecule has 0 radical (unpaired) electrons. The van der Waals surface area contributed by atoms with E-state index in [1.807, 2.05) is 0 Å². The highest BCUT2D eigenvalue weighted by atomic mass is 14.9. The van der Waals surface area contributed by atoms with Crippen LogP contribution in [0.4, 0.5) is 0 Å². The molecule has 0 fully saturated rings. The Morgan fingerprint density at radius 1 is 1.07 bits per heavy atom. The number of terminal acetylenes is 1. The van der Waals surface area contributed by atoms with Gasteiger partial charge in [0.05, 0.1) is 0 Å². The summed E-state index contributed by atoms with van der Waals surface area (Å²) in [6.45, 7) is 5.58. The van der Waals surface area contributed by atoms with Gasteiger partial charge in [-0.3, -0.25) is 0 Å². The second-order valence-corrected chi connectivity index (χ2v) is 4.24. The van der Waals surface area contributed by atoms with Crippen LogP contribution in [0, 0.1) is 12.3 Å². The summed E-state index contributed by atoms with van der Waals surface area (Å²) in [6, 6.07) is 0.533. The van der Waals surface area contributed by atoms with Gasteiger partial charge in [0.25, 0.3) is 0 Å². The fraction of sp³-hybridized carbons (Fsp3) is 0.857. The van der Waals surface area contributed by atoms with E-state index in [4.69, 9.17) is 6.42 Å². The summed E-state index contributed by atoms with van der Waals surface area (Å²) in [5.41, 5.74) is 0. The maximum atomic E-state index is 5.30. The van der Waals surface area contributed by atoms with Crippen molar-refractivity contribution in [3.8, 4) is 12.3 Å². The molecule has 0 aromatic carbocycles. The molecule has 0 heterocycles. The third-order valence-corrected chi connectivity index (χ3v) is 2.82. The summed E-state index contributed by atoms with van der Waals surface area (Å²) in [7, 11) is 0. The molecule has 0 bridgehead atoms. The molecule has 1 atom stereocenters. The topological polar surface area (TPSA) is 12.0 Å². The van der Waals surface area contributed by atoms with Crippen molar-refractivity contribution in [3.05, 3.63) is 0 Å². The van der Waals surface area contributed by atoms with Gasteiger partial charge < -0.3 is 5.32 Å². The molecule has 1 unspecified atom stereocenters. The normalized spacial score (nSPS) is 12.3. The summed E-state index contributed by atoms with van der Waals surface area (Å²) < 4.78 is 0. The van der Waals surface area contributed by atoms with Gasteiger partial charge in [-0.05, 0) is 19.4 Å². The van der Waals surface area contributed by atoms with Gasteiger partial charge in [-0.15, -0.1) is 12.3 Å². The highest BCUT2D eigenvalue weighted by Gasteiger charge is 2.01. The zero-order valence-corrected chi connectivity index (χ0v) is 10.5. The van der Waals surface area contributed by atoms with Gasteiger partial charge in [0.2, 0.25) is 0 Å². The molecule has 0 saturated carbocycles. The van der Waals surface area contributed by atoms with Crippen LogP contribution in [0.15, 0.2) is 0 Å². The van der Waals surface area contributed by atoms with Gasteiger partial charge >= 0.3 is 0 Å². The Balaban J connectivity index is 3.18. The molecule has 0 aliphatic rings. The fourth-order valence-electron chi connectivity index (χ4n) is 1.71. The SMILES string of the molecule is C#CCC(CC)NCCCCCCCC. The lowest BCUT2D eigenvalue weighted by atomic mass is 10.1. The van der Waals surface area contributed by atoms with E-state index in [9.17, 15) is 0 Å². The second kappa shape index (κ2) is 11.6. The van der Waals surface area contributed by atoms with E-state index in [-0.39, 0.29) is 0 Å². The van der Waals surface area contributed by atoms with E-state index in [0.717, 1.165) is 19.4 Å². The molecule has 0 amide bonds. The van der Waals surface area contributed by atoms with Gasteiger partial charge in [-0.25, -0.2) is 0 Å². The van der Waals surface area contributed by atoms with Crippen LogP contribution in [-0.2, 0) is 0 Å². The van der Waals surface area contributed by atoms with Crippen LogP contribution in [0.1, 0.15) is 65.2 Å². The van der Waals surface area contributed by atoms with Crippen LogP contribution < -0.4 is 5.32 Å². The molecule has 0 rings (SSSR count). The van der Waals surface area contributed by atoms with Crippen molar-refractivity contribution in [1.29, 1.82) is 0 Å². The molecule has 88 valence electrons. The van der Waals surface area contributed by atoms with Crippen molar-refractivity contribution >= 4 is 0 Å². The summed E-state index contributed by atoms with van der Waals surface area (Å²) >= 11 is 0. The first-order chi connectivity index (χ1) is 7.35. The highest BCUT2D eigenvalue weighted by Crippen LogP contribution is 2.04. The van der Waals surface area contributed by atoms with Crippen LogP contribution >= 0.6 is 0 Å². The lowest BCUT2D eigenvalue weighted by molar-refractivity contribution is 0.485. The zero-order chi connectivity index (χ0) is 11.4. The third-order valence-electron chi connectivity index (χ3n) is 2.82. The van der Waals surface area contributed by atoms with Gasteiger partial charge in [0.15, 0.2) is 0 Å². The van der Waals surface area contributed by atoms with Crippen molar-refractivity contribution in [3.63, 3.8) is 0 Å². The van der Waals surface area contributed by atoms with E-state index >= 15 is 0 Å². The van der Waals surface area contributed by atoms with E-state index in [0.29, 0.717) is 6.04 Å². The first-order valence-electron chi connectivity index (χ1n) is 6.52. The van der Waals surface area contributed by atoms with E-state index in [1.165, 1.54) is 38.5 Å². The molecule has 0 aromatic heterocycles. The van der Waals surface area contributed by atoms with E-state index in [2.05, 4.69) is 25.1 Å². The lowest BCUT2D eigenvalue weighted by Crippen LogP contribution is -2.28. The van der Waals surface area contributed by atoms with Gasteiger partial charge in [-0.1, -0.05) is 46.0 Å². The molecular weight excluding hydrogens is 182 g/mol. The van der Waals surface area contributed by atoms with Crippen LogP contribution in [-0.4, -0.2) is 12.6 Å². The largest absolute Gasteiger partial charge is 0.313 e. The molecule has 0 aromatic rings. The molecule has 15 heavy (non-hydrogen) atoms. The van der Waals surface area contributed by atoms with E-state index in [1.54, 1.807) is 0 Å². The number of nitrogens with one attached hydrogen (secondary N) is 1. The van der Waals surface area contributed by atoms with Crippen LogP contribution in [0.25, 0.3) is 0 Å². The lowest BCUT2D eigenvalue weighted by Gasteiger charge is -2.13. The molecule has 0 spiro atoms. The Morgan fingerprint density at radius 2 is 1.73 bits per heavy atom. The average molecular weight is 209 g/mol. The Hall–Kier alpha value is -0.480. The van der Waals surface area contributed by atoms with Crippen molar-refractivity contribution < 1.29 is 0 Å². The fourth-order valence-corrected chi connectivity index (χ4v) is 1.71. The summed E-state index contributed by atoms with van der Waals surface area (Å²) in [5.74, 6) is 2.73. The van der Waals surface area contributed by atoms with Crippen LogP contribution in [0.3, 0.4) is 0 Å².